The number of hydrogen-bond acceptors (Lipinski definition) is 5. The highest BCUT2D eigenvalue weighted by atomic mass is 32.2. The van der Waals surface area contributed by atoms with Gasteiger partial charge in [0.15, 0.2) is 11.0 Å². The van der Waals surface area contributed by atoms with Crippen LogP contribution >= 0.6 is 11.8 Å². The van der Waals surface area contributed by atoms with Crippen molar-refractivity contribution in [2.24, 2.45) is 7.05 Å². The number of hydrogen-bond donors (Lipinski definition) is 0. The van der Waals surface area contributed by atoms with Gasteiger partial charge in [-0.2, -0.15) is 0 Å². The molecule has 5 nitrogen and oxygen atoms in total. The molecule has 6 heteroatoms. The van der Waals surface area contributed by atoms with Crippen molar-refractivity contribution in [2.45, 2.75) is 18.5 Å². The van der Waals surface area contributed by atoms with Crippen LogP contribution in [0.3, 0.4) is 0 Å². The molecule has 0 N–H and O–H groups in total. The summed E-state index contributed by atoms with van der Waals surface area (Å²) in [5, 5.41) is 9.10. The second-order valence-corrected chi connectivity index (χ2v) is 6.54. The van der Waals surface area contributed by atoms with Gasteiger partial charge in [0, 0.05) is 31.4 Å². The van der Waals surface area contributed by atoms with Crippen LogP contribution in [0, 0.1) is 6.92 Å². The van der Waals surface area contributed by atoms with Crippen molar-refractivity contribution in [2.75, 3.05) is 5.75 Å². The Balaban J connectivity index is 1.62. The second kappa shape index (κ2) is 7.40. The van der Waals surface area contributed by atoms with E-state index in [1.54, 1.807) is 12.4 Å². The fourth-order valence-electron chi connectivity index (χ4n) is 2.32. The molecule has 1 aromatic carbocycles. The van der Waals surface area contributed by atoms with Crippen molar-refractivity contribution in [1.82, 2.24) is 19.7 Å². The number of carbonyl (C=O) groups excluding carboxylic acids is 1. The lowest BCUT2D eigenvalue weighted by Crippen LogP contribution is -2.06. The Morgan fingerprint density at radius 3 is 2.67 bits per heavy atom. The van der Waals surface area contributed by atoms with Crippen LogP contribution in [0.2, 0.25) is 0 Å². The van der Waals surface area contributed by atoms with Gasteiger partial charge in [0.25, 0.3) is 0 Å². The minimum Gasteiger partial charge on any atom is -0.305 e. The zero-order chi connectivity index (χ0) is 16.9. The molecule has 0 aliphatic rings. The summed E-state index contributed by atoms with van der Waals surface area (Å²) < 4.78 is 1.89. The third-order valence-corrected chi connectivity index (χ3v) is 4.72. The summed E-state index contributed by atoms with van der Waals surface area (Å²) >= 11 is 1.41. The molecular formula is C18H18N4OS. The number of pyridine rings is 1. The number of thioether (sulfide) groups is 1. The second-order valence-electron chi connectivity index (χ2n) is 5.60. The number of rotatable bonds is 6. The zero-order valence-corrected chi connectivity index (χ0v) is 14.5. The Hall–Kier alpha value is -2.47. The summed E-state index contributed by atoms with van der Waals surface area (Å²) in [7, 11) is 1.90. The quantitative estimate of drug-likeness (QED) is 0.646. The molecule has 0 bridgehead atoms. The van der Waals surface area contributed by atoms with Crippen LogP contribution < -0.4 is 0 Å². The molecule has 0 atom stereocenters. The fraction of sp³-hybridized carbons (Fsp3) is 0.222. The van der Waals surface area contributed by atoms with Crippen molar-refractivity contribution < 1.29 is 4.79 Å². The first kappa shape index (κ1) is 16.4. The van der Waals surface area contributed by atoms with Gasteiger partial charge >= 0.3 is 0 Å². The molecule has 24 heavy (non-hydrogen) atoms. The van der Waals surface area contributed by atoms with Gasteiger partial charge in [-0.25, -0.2) is 0 Å². The van der Waals surface area contributed by atoms with Crippen LogP contribution in [0.25, 0.3) is 11.4 Å². The van der Waals surface area contributed by atoms with E-state index >= 15 is 0 Å². The first-order chi connectivity index (χ1) is 11.6. The molecule has 2 aromatic heterocycles. The summed E-state index contributed by atoms with van der Waals surface area (Å²) in [6.07, 6.45) is 3.92. The monoisotopic (exact) mass is 338 g/mol. The smallest absolute Gasteiger partial charge is 0.191 e. The van der Waals surface area contributed by atoms with Crippen molar-refractivity contribution >= 4 is 17.5 Å². The predicted molar refractivity (Wildman–Crippen MR) is 94.8 cm³/mol. The highest BCUT2D eigenvalue weighted by Gasteiger charge is 2.13. The molecule has 3 rings (SSSR count). The van der Waals surface area contributed by atoms with E-state index < -0.39 is 0 Å². The van der Waals surface area contributed by atoms with E-state index in [1.807, 2.05) is 54.9 Å². The first-order valence-electron chi connectivity index (χ1n) is 7.63. The van der Waals surface area contributed by atoms with Gasteiger partial charge in [0.2, 0.25) is 0 Å². The van der Waals surface area contributed by atoms with Gasteiger partial charge in [-0.15, -0.1) is 10.2 Å². The lowest BCUT2D eigenvalue weighted by Gasteiger charge is -2.04. The van der Waals surface area contributed by atoms with E-state index in [9.17, 15) is 4.79 Å². The Labute approximate surface area is 145 Å². The molecule has 122 valence electrons. The van der Waals surface area contributed by atoms with E-state index in [4.69, 9.17) is 0 Å². The van der Waals surface area contributed by atoms with Gasteiger partial charge in [-0.1, -0.05) is 41.6 Å². The number of aryl methyl sites for hydroxylation is 1. The average Bonchev–Trinajstić information content (AvgIpc) is 2.97. The highest BCUT2D eigenvalue weighted by molar-refractivity contribution is 7.99. The number of benzene rings is 1. The normalized spacial score (nSPS) is 10.8. The average molecular weight is 338 g/mol. The van der Waals surface area contributed by atoms with Gasteiger partial charge in [-0.3, -0.25) is 9.78 Å². The Morgan fingerprint density at radius 1 is 1.17 bits per heavy atom. The molecular weight excluding hydrogens is 320 g/mol. The molecule has 0 aliphatic heterocycles. The summed E-state index contributed by atoms with van der Waals surface area (Å²) in [6, 6.07) is 11.9. The molecule has 0 radical (unpaired) electrons. The van der Waals surface area contributed by atoms with E-state index in [0.717, 1.165) is 22.1 Å². The maximum absolute atomic E-state index is 12.2. The Morgan fingerprint density at radius 2 is 1.96 bits per heavy atom. The molecule has 0 fully saturated rings. The third-order valence-electron chi connectivity index (χ3n) is 3.64. The van der Waals surface area contributed by atoms with E-state index in [2.05, 4.69) is 15.2 Å². The van der Waals surface area contributed by atoms with E-state index in [0.29, 0.717) is 12.2 Å². The summed E-state index contributed by atoms with van der Waals surface area (Å²) in [6.45, 7) is 2.04. The molecule has 0 spiro atoms. The molecule has 3 aromatic rings. The van der Waals surface area contributed by atoms with Crippen LogP contribution in [0.1, 0.15) is 11.1 Å². The van der Waals surface area contributed by atoms with Crippen LogP contribution in [0.5, 0.6) is 0 Å². The van der Waals surface area contributed by atoms with Crippen LogP contribution in [-0.2, 0) is 18.3 Å². The minimum absolute atomic E-state index is 0.176. The van der Waals surface area contributed by atoms with E-state index in [-0.39, 0.29) is 5.78 Å². The van der Waals surface area contributed by atoms with Crippen LogP contribution in [0.15, 0.2) is 53.9 Å². The SMILES string of the molecule is Cc1ccc(CC(=O)CSc2nnc(-c3cccnc3)n2C)cc1. The fourth-order valence-corrected chi connectivity index (χ4v) is 3.09. The van der Waals surface area contributed by atoms with Crippen molar-refractivity contribution in [3.05, 3.63) is 59.9 Å². The third kappa shape index (κ3) is 3.89. The molecule has 0 saturated heterocycles. The number of aromatic nitrogens is 4. The van der Waals surface area contributed by atoms with Crippen LogP contribution in [-0.4, -0.2) is 31.3 Å². The number of carbonyl (C=O) groups is 1. The number of ketones is 1. The van der Waals surface area contributed by atoms with Crippen LogP contribution in [0.4, 0.5) is 0 Å². The zero-order valence-electron chi connectivity index (χ0n) is 13.6. The highest BCUT2D eigenvalue weighted by Crippen LogP contribution is 2.22. The van der Waals surface area contributed by atoms with Crippen molar-refractivity contribution in [1.29, 1.82) is 0 Å². The Bertz CT molecular complexity index is 828. The summed E-state index contributed by atoms with van der Waals surface area (Å²) in [5.74, 6) is 1.30. The molecule has 2 heterocycles. The predicted octanol–water partition coefficient (Wildman–Crippen LogP) is 3.09. The van der Waals surface area contributed by atoms with E-state index in [1.165, 1.54) is 17.3 Å². The number of nitrogens with zero attached hydrogens (tertiary/aromatic N) is 4. The van der Waals surface area contributed by atoms with Crippen molar-refractivity contribution in [3.63, 3.8) is 0 Å². The lowest BCUT2D eigenvalue weighted by molar-refractivity contribution is -0.116. The Kier molecular flexibility index (Phi) is 5.05. The maximum atomic E-state index is 12.2. The first-order valence-corrected chi connectivity index (χ1v) is 8.62. The van der Waals surface area contributed by atoms with Crippen molar-refractivity contribution in [3.8, 4) is 11.4 Å². The number of Topliss-reactive ketones (excluding diaryl/α,β-unsaturated/α-hetero) is 1. The summed E-state index contributed by atoms with van der Waals surface area (Å²) in [4.78, 5) is 16.3. The standard InChI is InChI=1S/C18H18N4OS/c1-13-5-7-14(8-6-13)10-16(23)12-24-18-21-20-17(22(18)2)15-4-3-9-19-11-15/h3-9,11H,10,12H2,1-2H3. The maximum Gasteiger partial charge on any atom is 0.191 e. The molecule has 0 unspecified atom stereocenters. The molecule has 0 aliphatic carbocycles. The topological polar surface area (TPSA) is 60.7 Å². The van der Waals surface area contributed by atoms with Gasteiger partial charge in [-0.05, 0) is 24.6 Å². The largest absolute Gasteiger partial charge is 0.305 e. The minimum atomic E-state index is 0.176. The lowest BCUT2D eigenvalue weighted by atomic mass is 10.1. The van der Waals surface area contributed by atoms with Gasteiger partial charge in [0.1, 0.15) is 5.78 Å². The van der Waals surface area contributed by atoms with Gasteiger partial charge < -0.3 is 4.57 Å². The molecule has 0 saturated carbocycles. The molecule has 0 amide bonds. The summed E-state index contributed by atoms with van der Waals surface area (Å²) in [5.41, 5.74) is 3.15. The van der Waals surface area contributed by atoms with Gasteiger partial charge in [0.05, 0.1) is 5.75 Å².